The number of nitrogens with zero attached hydrogens (tertiary/aromatic N) is 2. The summed E-state index contributed by atoms with van der Waals surface area (Å²) in [5.74, 6) is 0. The SMILES string of the molecule is CC1(C)c2ccccc2N(c2ccc(P(=O)(c3ccccc3)c3ccc(N4c5ccccc5C(C)(C)c5ccccc54)cc3)cc2)c2ccccc21. The second-order valence-electron chi connectivity index (χ2n) is 15.0. The summed E-state index contributed by atoms with van der Waals surface area (Å²) < 4.78 is 15.7. The first kappa shape index (κ1) is 32.3. The second kappa shape index (κ2) is 12.0. The topological polar surface area (TPSA) is 23.6 Å². The van der Waals surface area contributed by atoms with Gasteiger partial charge in [-0.1, -0.05) is 131 Å². The minimum Gasteiger partial charge on any atom is -0.310 e. The fraction of sp³-hybridized carbons (Fsp3) is 0.125. The number of anilines is 6. The van der Waals surface area contributed by atoms with Gasteiger partial charge in [0.25, 0.3) is 0 Å². The first-order valence-electron chi connectivity index (χ1n) is 18.1. The minimum atomic E-state index is -3.24. The van der Waals surface area contributed by atoms with Gasteiger partial charge in [-0.15, -0.1) is 0 Å². The third-order valence-electron chi connectivity index (χ3n) is 11.3. The van der Waals surface area contributed by atoms with Gasteiger partial charge in [-0.3, -0.25) is 0 Å². The van der Waals surface area contributed by atoms with E-state index in [1.165, 1.54) is 45.0 Å². The van der Waals surface area contributed by atoms with Crippen LogP contribution in [0.25, 0.3) is 0 Å². The van der Waals surface area contributed by atoms with Crippen LogP contribution < -0.4 is 25.7 Å². The third-order valence-corrected chi connectivity index (χ3v) is 14.4. The summed E-state index contributed by atoms with van der Waals surface area (Å²) in [7, 11) is -3.24. The molecule has 0 radical (unpaired) electrons. The molecule has 2 aliphatic heterocycles. The van der Waals surface area contributed by atoms with Crippen molar-refractivity contribution in [1.82, 2.24) is 0 Å². The molecule has 0 aliphatic carbocycles. The summed E-state index contributed by atoms with van der Waals surface area (Å²) in [6.45, 7) is 9.21. The van der Waals surface area contributed by atoms with E-state index in [1.807, 2.05) is 30.3 Å². The zero-order valence-electron chi connectivity index (χ0n) is 30.0. The number of rotatable bonds is 5. The van der Waals surface area contributed by atoms with Gasteiger partial charge < -0.3 is 14.4 Å². The lowest BCUT2D eigenvalue weighted by molar-refractivity contribution is 0.592. The maximum Gasteiger partial charge on any atom is 0.171 e. The van der Waals surface area contributed by atoms with Gasteiger partial charge in [0.15, 0.2) is 7.14 Å². The van der Waals surface area contributed by atoms with Gasteiger partial charge in [-0.25, -0.2) is 0 Å². The van der Waals surface area contributed by atoms with Crippen LogP contribution in [0, 0.1) is 0 Å². The number of para-hydroxylation sites is 4. The standard InChI is InChI=1S/C48H41N2OP/c1-47(2)39-18-8-12-22-43(39)49(44-23-13-9-19-40(44)47)34-26-30-37(31-27-34)52(51,36-16-6-5-7-17-36)38-32-28-35(29-33-38)50-45-24-14-10-20-41(45)48(3,4)42-21-11-15-25-46(42)50/h5-33H,1-4H3. The average Bonchev–Trinajstić information content (AvgIpc) is 3.19. The predicted octanol–water partition coefficient (Wildman–Crippen LogP) is 11.5. The van der Waals surface area contributed by atoms with Gasteiger partial charge in [0.2, 0.25) is 0 Å². The number of hydrogen-bond acceptors (Lipinski definition) is 3. The van der Waals surface area contributed by atoms with Crippen molar-refractivity contribution in [1.29, 1.82) is 0 Å². The van der Waals surface area contributed by atoms with Gasteiger partial charge in [-0.05, 0) is 95.1 Å². The molecule has 0 saturated heterocycles. The Balaban J connectivity index is 1.14. The number of hydrogen-bond donors (Lipinski definition) is 0. The Morgan fingerprint density at radius 1 is 0.346 bits per heavy atom. The van der Waals surface area contributed by atoms with E-state index < -0.39 is 7.14 Å². The Hall–Kier alpha value is -5.63. The molecule has 7 aromatic carbocycles. The van der Waals surface area contributed by atoms with Crippen LogP contribution >= 0.6 is 7.14 Å². The highest BCUT2D eigenvalue weighted by Crippen LogP contribution is 2.53. The fourth-order valence-corrected chi connectivity index (χ4v) is 11.2. The molecule has 4 heteroatoms. The van der Waals surface area contributed by atoms with E-state index in [0.29, 0.717) is 0 Å². The Morgan fingerprint density at radius 3 is 0.942 bits per heavy atom. The lowest BCUT2D eigenvalue weighted by Gasteiger charge is -2.42. The van der Waals surface area contributed by atoms with E-state index in [1.54, 1.807) is 0 Å². The highest BCUT2D eigenvalue weighted by atomic mass is 31.2. The summed E-state index contributed by atoms with van der Waals surface area (Å²) in [6, 6.07) is 61.5. The van der Waals surface area contributed by atoms with Crippen molar-refractivity contribution in [2.45, 2.75) is 38.5 Å². The molecule has 7 aromatic rings. The Labute approximate surface area is 307 Å². The van der Waals surface area contributed by atoms with E-state index in [0.717, 1.165) is 27.3 Å². The van der Waals surface area contributed by atoms with E-state index in [2.05, 4.69) is 183 Å². The van der Waals surface area contributed by atoms with Gasteiger partial charge in [0, 0.05) is 38.1 Å². The lowest BCUT2D eigenvalue weighted by atomic mass is 9.73. The molecule has 9 rings (SSSR count). The van der Waals surface area contributed by atoms with Crippen LogP contribution in [0.4, 0.5) is 34.1 Å². The Kier molecular flexibility index (Phi) is 7.43. The molecule has 0 spiro atoms. The van der Waals surface area contributed by atoms with Crippen LogP contribution in [0.3, 0.4) is 0 Å². The maximum atomic E-state index is 15.7. The van der Waals surface area contributed by atoms with E-state index in [4.69, 9.17) is 0 Å². The first-order chi connectivity index (χ1) is 25.2. The van der Waals surface area contributed by atoms with Gasteiger partial charge >= 0.3 is 0 Å². The highest BCUT2D eigenvalue weighted by molar-refractivity contribution is 7.85. The summed E-state index contributed by atoms with van der Waals surface area (Å²) in [5, 5.41) is 2.44. The van der Waals surface area contributed by atoms with E-state index in [-0.39, 0.29) is 10.8 Å². The first-order valence-corrected chi connectivity index (χ1v) is 19.8. The molecule has 0 unspecified atom stereocenters. The molecule has 0 bridgehead atoms. The molecular formula is C48H41N2OP. The Morgan fingerprint density at radius 2 is 0.615 bits per heavy atom. The van der Waals surface area contributed by atoms with Crippen molar-refractivity contribution in [3.05, 3.63) is 198 Å². The average molecular weight is 693 g/mol. The van der Waals surface area contributed by atoms with Crippen molar-refractivity contribution in [3.63, 3.8) is 0 Å². The summed E-state index contributed by atoms with van der Waals surface area (Å²) in [5.41, 5.74) is 11.7. The molecule has 0 amide bonds. The molecule has 2 heterocycles. The maximum absolute atomic E-state index is 15.7. The van der Waals surface area contributed by atoms with Crippen molar-refractivity contribution in [3.8, 4) is 0 Å². The van der Waals surface area contributed by atoms with Crippen LogP contribution in [0.15, 0.2) is 176 Å². The van der Waals surface area contributed by atoms with Gasteiger partial charge in [-0.2, -0.15) is 0 Å². The van der Waals surface area contributed by atoms with E-state index >= 15 is 4.57 Å². The number of fused-ring (bicyclic) bond motifs is 4. The summed E-state index contributed by atoms with van der Waals surface area (Å²) >= 11 is 0. The molecule has 0 saturated carbocycles. The molecule has 0 N–H and O–H groups in total. The zero-order chi connectivity index (χ0) is 35.7. The van der Waals surface area contributed by atoms with E-state index in [9.17, 15) is 0 Å². The van der Waals surface area contributed by atoms with Crippen molar-refractivity contribution in [2.75, 3.05) is 9.80 Å². The normalized spacial score (nSPS) is 15.2. The number of benzene rings is 7. The van der Waals surface area contributed by atoms with Crippen LogP contribution in [0.5, 0.6) is 0 Å². The summed E-state index contributed by atoms with van der Waals surface area (Å²) in [4.78, 5) is 4.69. The second-order valence-corrected chi connectivity index (χ2v) is 17.7. The van der Waals surface area contributed by atoms with Crippen LogP contribution in [0.2, 0.25) is 0 Å². The fourth-order valence-electron chi connectivity index (χ4n) is 8.60. The molecule has 0 atom stereocenters. The highest BCUT2D eigenvalue weighted by Gasteiger charge is 2.38. The van der Waals surface area contributed by atoms with Crippen molar-refractivity contribution in [2.24, 2.45) is 0 Å². The van der Waals surface area contributed by atoms with Crippen molar-refractivity contribution < 1.29 is 4.57 Å². The lowest BCUT2D eigenvalue weighted by Crippen LogP contribution is -2.31. The van der Waals surface area contributed by atoms with Crippen LogP contribution in [0.1, 0.15) is 49.9 Å². The van der Waals surface area contributed by atoms with Crippen molar-refractivity contribution >= 4 is 57.2 Å². The van der Waals surface area contributed by atoms with Gasteiger partial charge in [0.1, 0.15) is 0 Å². The molecule has 0 fully saturated rings. The summed E-state index contributed by atoms with van der Waals surface area (Å²) in [6.07, 6.45) is 0. The smallest absolute Gasteiger partial charge is 0.171 e. The molecule has 254 valence electrons. The third kappa shape index (κ3) is 4.76. The minimum absolute atomic E-state index is 0.132. The largest absolute Gasteiger partial charge is 0.310 e. The van der Waals surface area contributed by atoms with Crippen LogP contribution in [-0.4, -0.2) is 0 Å². The molecular weight excluding hydrogens is 652 g/mol. The Bertz CT molecular complexity index is 2250. The monoisotopic (exact) mass is 692 g/mol. The van der Waals surface area contributed by atoms with Gasteiger partial charge in [0.05, 0.1) is 22.7 Å². The predicted molar refractivity (Wildman–Crippen MR) is 219 cm³/mol. The molecule has 3 nitrogen and oxygen atoms in total. The zero-order valence-corrected chi connectivity index (χ0v) is 30.9. The van der Waals surface area contributed by atoms with Crippen LogP contribution in [-0.2, 0) is 15.4 Å². The molecule has 0 aromatic heterocycles. The molecule has 2 aliphatic rings. The quantitative estimate of drug-likeness (QED) is 0.168. The molecule has 52 heavy (non-hydrogen) atoms.